The van der Waals surface area contributed by atoms with Crippen LogP contribution in [0.3, 0.4) is 0 Å². The minimum Gasteiger partial charge on any atom is -0.505 e. The van der Waals surface area contributed by atoms with E-state index in [1.54, 1.807) is 36.9 Å². The average Bonchev–Trinajstić information content (AvgIpc) is 1.10. The second kappa shape index (κ2) is 30.1. The molecule has 0 aliphatic heterocycles. The largest absolute Gasteiger partial charge is 0.505 e. The van der Waals surface area contributed by atoms with Gasteiger partial charge in [-0.25, -0.2) is 0 Å². The van der Waals surface area contributed by atoms with E-state index in [-0.39, 0.29) is 80.7 Å². The fraction of sp³-hybridized carbons (Fsp3) is 0.370. The number of phenolic OH excluding ortho intramolecular Hbond substituents is 2. The molecule has 0 unspecified atom stereocenters. The van der Waals surface area contributed by atoms with E-state index in [2.05, 4.69) is 283 Å². The number of aromatic nitrogens is 2. The molecule has 0 fully saturated rings. The molecule has 0 spiro atoms. The Labute approximate surface area is 633 Å². The summed E-state index contributed by atoms with van der Waals surface area (Å²) in [6.45, 7) is 57.7. The van der Waals surface area contributed by atoms with Gasteiger partial charge in [-0.15, -0.1) is 46.9 Å². The molecule has 12 aromatic rings. The van der Waals surface area contributed by atoms with Crippen LogP contribution in [0.5, 0.6) is 23.0 Å². The van der Waals surface area contributed by atoms with E-state index in [4.69, 9.17) is 9.47 Å². The molecule has 4 aromatic heterocycles. The van der Waals surface area contributed by atoms with Gasteiger partial charge in [0.25, 0.3) is 0 Å². The number of ether oxygens (including phenoxy) is 2. The quantitative estimate of drug-likeness (QED) is 0.106. The predicted octanol–water partition coefficient (Wildman–Crippen LogP) is 26.8. The van der Waals surface area contributed by atoms with Crippen LogP contribution in [0.15, 0.2) is 179 Å². The summed E-state index contributed by atoms with van der Waals surface area (Å²) in [6, 6.07) is 55.9. The molecule has 0 bridgehead atoms. The van der Waals surface area contributed by atoms with Crippen molar-refractivity contribution >= 4 is 66.3 Å². The summed E-state index contributed by atoms with van der Waals surface area (Å²) < 4.78 is 16.1. The third kappa shape index (κ3) is 18.1. The van der Waals surface area contributed by atoms with Crippen LogP contribution in [0.25, 0.3) is 77.2 Å². The number of hydrogen-bond donors (Lipinski definition) is 2. The van der Waals surface area contributed by atoms with Crippen LogP contribution in [0.4, 0.5) is 0 Å². The number of phenols is 2. The van der Waals surface area contributed by atoms with Crippen molar-refractivity contribution in [2.45, 2.75) is 198 Å². The summed E-state index contributed by atoms with van der Waals surface area (Å²) >= 11 is 3.18. The van der Waals surface area contributed by atoms with Gasteiger partial charge in [0.2, 0.25) is 0 Å². The summed E-state index contributed by atoms with van der Waals surface area (Å²) in [6.07, 6.45) is 2.00. The fourth-order valence-electron chi connectivity index (χ4n) is 14.3. The molecule has 9 heteroatoms. The number of benzene rings is 8. The number of thiophene rings is 2. The molecule has 0 radical (unpaired) electrons. The minimum atomic E-state index is -0.129. The van der Waals surface area contributed by atoms with Gasteiger partial charge >= 0.3 is 0 Å². The normalized spacial score (nSPS) is 12.5. The topological polar surface area (TPSA) is 68.8 Å². The molecule has 532 valence electrons. The molecule has 0 atom stereocenters. The predicted molar refractivity (Wildman–Crippen MR) is 435 cm³/mol. The van der Waals surface area contributed by atoms with Crippen molar-refractivity contribution in [1.82, 2.24) is 9.13 Å². The van der Waals surface area contributed by atoms with Crippen LogP contribution < -0.4 is 9.47 Å². The van der Waals surface area contributed by atoms with Crippen LogP contribution >= 0.6 is 22.7 Å². The van der Waals surface area contributed by atoms with Gasteiger partial charge in [-0.1, -0.05) is 189 Å². The Kier molecular flexibility index (Phi) is 23.6. The molecular formula is C92H112HfN2O4S2-2. The molecule has 101 heavy (non-hydrogen) atoms. The third-order valence-corrected chi connectivity index (χ3v) is 20.6. The Morgan fingerprint density at radius 3 is 0.822 bits per heavy atom. The van der Waals surface area contributed by atoms with Gasteiger partial charge in [0.1, 0.15) is 23.0 Å². The average molecular weight is 1550 g/mol. The van der Waals surface area contributed by atoms with Gasteiger partial charge in [-0.05, 0) is 162 Å². The number of rotatable bonds is 10. The standard InChI is InChI=1S/2C39H49NO2S.2C7H7.Hf/c2*1-36(2,3)23-39(10,11)26-19-29(30-21-43-22-34(30)42-12)35(41)33(20-26)40-31-15-13-24(37(4,5)6)17-27(31)28-18-25(38(7,8)9)14-16-32(28)40;2*1-7-5-3-2-4-6-7;/h2*13-22,41H,23H2,1-12H3;2*2-6H,1H2;/q;;2*-1;. The van der Waals surface area contributed by atoms with Gasteiger partial charge in [-0.2, -0.15) is 49.2 Å². The first-order valence-electron chi connectivity index (χ1n) is 35.3. The van der Waals surface area contributed by atoms with Gasteiger partial charge in [0.05, 0.1) is 47.7 Å². The SMILES string of the molecule is COc1cscc1-c1cc(C(C)(C)CC(C)(C)C)cc(-n2c3ccc(C(C)(C)C)cc3c3cc(C(C)(C)C)ccc32)c1O.COc1cscc1-c1cc(C(C)(C)CC(C)(C)C)cc(-n2c3ccc(C(C)(C)C)cc3c3cc(C(C)(C)C)ccc32)c1O.[CH2-]c1ccccc1.[CH2-]c1ccccc1.[Hf]. The zero-order chi connectivity index (χ0) is 73.6. The first-order chi connectivity index (χ1) is 46.4. The maximum atomic E-state index is 12.2. The zero-order valence-electron chi connectivity index (χ0n) is 65.1. The van der Waals surface area contributed by atoms with Crippen molar-refractivity contribution in [3.8, 4) is 56.6 Å². The fourth-order valence-corrected chi connectivity index (χ4v) is 15.9. The van der Waals surface area contributed by atoms with E-state index in [1.807, 2.05) is 71.4 Å². The Bertz CT molecular complexity index is 4390. The smallest absolute Gasteiger partial charge is 0.147 e. The van der Waals surface area contributed by atoms with E-state index in [9.17, 15) is 10.2 Å². The van der Waals surface area contributed by atoms with Crippen LogP contribution in [-0.2, 0) is 58.3 Å². The maximum Gasteiger partial charge on any atom is 0.147 e. The van der Waals surface area contributed by atoms with Crippen molar-refractivity contribution in [3.05, 3.63) is 238 Å². The van der Waals surface area contributed by atoms with E-state index in [1.165, 1.54) is 54.9 Å². The minimum absolute atomic E-state index is 0. The first kappa shape index (κ1) is 79.3. The van der Waals surface area contributed by atoms with Crippen molar-refractivity contribution in [3.63, 3.8) is 0 Å². The van der Waals surface area contributed by atoms with Crippen molar-refractivity contribution in [2.24, 2.45) is 10.8 Å². The van der Waals surface area contributed by atoms with Crippen LogP contribution in [0.2, 0.25) is 0 Å². The van der Waals surface area contributed by atoms with E-state index in [0.29, 0.717) is 0 Å². The third-order valence-electron chi connectivity index (χ3n) is 19.1. The molecule has 6 nitrogen and oxygen atoms in total. The van der Waals surface area contributed by atoms with E-state index in [0.717, 1.165) is 91.2 Å². The number of fused-ring (bicyclic) bond motifs is 6. The Morgan fingerprint density at radius 1 is 0.337 bits per heavy atom. The summed E-state index contributed by atoms with van der Waals surface area (Å²) in [5.41, 5.74) is 19.3. The number of hydrogen-bond acceptors (Lipinski definition) is 6. The van der Waals surface area contributed by atoms with Crippen molar-refractivity contribution in [1.29, 1.82) is 0 Å². The molecule has 12 rings (SSSR count). The first-order valence-corrected chi connectivity index (χ1v) is 37.2. The molecule has 0 aliphatic rings. The van der Waals surface area contributed by atoms with Crippen LogP contribution in [0.1, 0.15) is 210 Å². The van der Waals surface area contributed by atoms with Crippen molar-refractivity contribution < 1.29 is 45.5 Å². The maximum absolute atomic E-state index is 12.2. The molecule has 0 amide bonds. The molecule has 0 saturated heterocycles. The van der Waals surface area contributed by atoms with Crippen LogP contribution in [0, 0.1) is 24.7 Å². The van der Waals surface area contributed by atoms with Crippen LogP contribution in [-0.4, -0.2) is 33.6 Å². The summed E-state index contributed by atoms with van der Waals surface area (Å²) in [7, 11) is 3.40. The molecule has 8 aromatic carbocycles. The van der Waals surface area contributed by atoms with Gasteiger partial charge in [0, 0.05) is 91.2 Å². The van der Waals surface area contributed by atoms with Gasteiger partial charge in [-0.3, -0.25) is 0 Å². The summed E-state index contributed by atoms with van der Waals surface area (Å²) in [4.78, 5) is 0. The Hall–Kier alpha value is -7.43. The molecule has 4 heterocycles. The molecule has 2 N–H and O–H groups in total. The molecule has 0 saturated carbocycles. The second-order valence-corrected chi connectivity index (χ2v) is 36.8. The second-order valence-electron chi connectivity index (χ2n) is 35.3. The summed E-state index contributed by atoms with van der Waals surface area (Å²) in [5.74, 6) is 2.10. The molecule has 0 aliphatic carbocycles. The monoisotopic (exact) mass is 1550 g/mol. The molecular weight excluding hydrogens is 1440 g/mol. The van der Waals surface area contributed by atoms with Crippen molar-refractivity contribution in [2.75, 3.05) is 14.2 Å². The number of aromatic hydroxyl groups is 2. The zero-order valence-corrected chi connectivity index (χ0v) is 70.3. The van der Waals surface area contributed by atoms with E-state index >= 15 is 0 Å². The Balaban J connectivity index is 0.000000212. The Morgan fingerprint density at radius 2 is 0.604 bits per heavy atom. The number of nitrogens with zero attached hydrogens (tertiary/aromatic N) is 2. The van der Waals surface area contributed by atoms with E-state index < -0.39 is 0 Å². The van der Waals surface area contributed by atoms with Gasteiger partial charge in [0.15, 0.2) is 0 Å². The number of methoxy groups -OCH3 is 2. The van der Waals surface area contributed by atoms with Gasteiger partial charge < -0.3 is 28.8 Å². The summed E-state index contributed by atoms with van der Waals surface area (Å²) in [5, 5.41) is 37.4.